The third-order valence-corrected chi connectivity index (χ3v) is 4.48. The molecular formula is C16H22BrNO. The van der Waals surface area contributed by atoms with E-state index in [2.05, 4.69) is 15.9 Å². The maximum Gasteiger partial charge on any atom is 0.254 e. The minimum absolute atomic E-state index is 0.217. The first-order valence-electron chi connectivity index (χ1n) is 7.05. The Bertz CT molecular complexity index is 436. The van der Waals surface area contributed by atoms with Gasteiger partial charge >= 0.3 is 0 Å². The quantitative estimate of drug-likeness (QED) is 0.771. The van der Waals surface area contributed by atoms with Gasteiger partial charge in [0, 0.05) is 24.0 Å². The normalized spacial score (nSPS) is 19.5. The number of nitrogens with zero attached hydrogens (tertiary/aromatic N) is 1. The van der Waals surface area contributed by atoms with Gasteiger partial charge in [-0.15, -0.1) is 0 Å². The van der Waals surface area contributed by atoms with E-state index in [9.17, 15) is 4.79 Å². The van der Waals surface area contributed by atoms with Crippen molar-refractivity contribution in [1.82, 2.24) is 4.90 Å². The predicted molar refractivity (Wildman–Crippen MR) is 83.0 cm³/mol. The van der Waals surface area contributed by atoms with Crippen LogP contribution in [0.25, 0.3) is 0 Å². The number of likely N-dealkylation sites (tertiary alicyclic amines) is 1. The van der Waals surface area contributed by atoms with Crippen LogP contribution >= 0.6 is 15.9 Å². The van der Waals surface area contributed by atoms with Crippen LogP contribution in [0.5, 0.6) is 0 Å². The molecule has 0 aromatic heterocycles. The highest BCUT2D eigenvalue weighted by Crippen LogP contribution is 2.23. The van der Waals surface area contributed by atoms with Crippen molar-refractivity contribution in [2.75, 3.05) is 18.4 Å². The molecule has 1 fully saturated rings. The number of carbonyl (C=O) groups is 1. The van der Waals surface area contributed by atoms with Gasteiger partial charge in [0.15, 0.2) is 0 Å². The summed E-state index contributed by atoms with van der Waals surface area (Å²) >= 11 is 3.51. The Morgan fingerprint density at radius 1 is 1.37 bits per heavy atom. The molecule has 2 rings (SSSR count). The van der Waals surface area contributed by atoms with Crippen molar-refractivity contribution in [3.63, 3.8) is 0 Å². The van der Waals surface area contributed by atoms with E-state index in [0.717, 1.165) is 48.0 Å². The Morgan fingerprint density at radius 2 is 2.05 bits per heavy atom. The molecule has 0 spiro atoms. The van der Waals surface area contributed by atoms with Crippen LogP contribution in [0.4, 0.5) is 0 Å². The number of carbonyl (C=O) groups excluding carboxylic acids is 1. The van der Waals surface area contributed by atoms with Crippen molar-refractivity contribution in [3.8, 4) is 0 Å². The summed E-state index contributed by atoms with van der Waals surface area (Å²) in [4.78, 5) is 14.8. The zero-order valence-electron chi connectivity index (χ0n) is 11.8. The summed E-state index contributed by atoms with van der Waals surface area (Å²) < 4.78 is 0. The maximum absolute atomic E-state index is 12.7. The third-order valence-electron chi connectivity index (χ3n) is 4.02. The standard InChI is InChI=1S/C16H22BrNO/c1-12-5-3-6-13(2)15(12)16(19)18-10-4-7-14(11-18)8-9-17/h3,5-6,14H,4,7-11H2,1-2H3. The number of aryl methyl sites for hydroxylation is 2. The molecule has 1 amide bonds. The second-order valence-electron chi connectivity index (χ2n) is 5.50. The molecule has 1 atom stereocenters. The fraction of sp³-hybridized carbons (Fsp3) is 0.562. The molecule has 1 saturated heterocycles. The van der Waals surface area contributed by atoms with Gasteiger partial charge in [-0.3, -0.25) is 4.79 Å². The van der Waals surface area contributed by atoms with Crippen LogP contribution in [0.3, 0.4) is 0 Å². The molecule has 1 aliphatic heterocycles. The van der Waals surface area contributed by atoms with Crippen molar-refractivity contribution in [2.24, 2.45) is 5.92 Å². The molecule has 3 heteroatoms. The SMILES string of the molecule is Cc1cccc(C)c1C(=O)N1CCCC(CCBr)C1. The molecule has 0 radical (unpaired) electrons. The summed E-state index contributed by atoms with van der Waals surface area (Å²) in [6.45, 7) is 5.88. The average Bonchev–Trinajstić information content (AvgIpc) is 2.39. The van der Waals surface area contributed by atoms with E-state index < -0.39 is 0 Å². The molecule has 1 aromatic carbocycles. The van der Waals surface area contributed by atoms with Gasteiger partial charge in [0.1, 0.15) is 0 Å². The van der Waals surface area contributed by atoms with E-state index in [1.54, 1.807) is 0 Å². The number of halogens is 1. The highest BCUT2D eigenvalue weighted by molar-refractivity contribution is 9.09. The highest BCUT2D eigenvalue weighted by atomic mass is 79.9. The Hall–Kier alpha value is -0.830. The van der Waals surface area contributed by atoms with Crippen molar-refractivity contribution in [1.29, 1.82) is 0 Å². The summed E-state index contributed by atoms with van der Waals surface area (Å²) in [6, 6.07) is 6.07. The molecular weight excluding hydrogens is 302 g/mol. The van der Waals surface area contributed by atoms with E-state index in [0.29, 0.717) is 5.92 Å². The Morgan fingerprint density at radius 3 is 2.68 bits per heavy atom. The average molecular weight is 324 g/mol. The maximum atomic E-state index is 12.7. The molecule has 1 unspecified atom stereocenters. The van der Waals surface area contributed by atoms with Crippen LogP contribution in [-0.2, 0) is 0 Å². The van der Waals surface area contributed by atoms with Gasteiger partial charge in [0.2, 0.25) is 0 Å². The lowest BCUT2D eigenvalue weighted by atomic mass is 9.94. The van der Waals surface area contributed by atoms with Crippen LogP contribution in [0.2, 0.25) is 0 Å². The first-order valence-corrected chi connectivity index (χ1v) is 8.17. The second kappa shape index (κ2) is 6.56. The summed E-state index contributed by atoms with van der Waals surface area (Å²) in [7, 11) is 0. The van der Waals surface area contributed by atoms with Gasteiger partial charge in [0.25, 0.3) is 5.91 Å². The van der Waals surface area contributed by atoms with Crippen LogP contribution in [0.1, 0.15) is 40.7 Å². The predicted octanol–water partition coefficient (Wildman–Crippen LogP) is 3.94. The molecule has 104 valence electrons. The topological polar surface area (TPSA) is 20.3 Å². The van der Waals surface area contributed by atoms with Crippen molar-refractivity contribution in [2.45, 2.75) is 33.1 Å². The van der Waals surface area contributed by atoms with Crippen LogP contribution < -0.4 is 0 Å². The fourth-order valence-electron chi connectivity index (χ4n) is 2.95. The molecule has 1 heterocycles. The number of hydrogen-bond acceptors (Lipinski definition) is 1. The van der Waals surface area contributed by atoms with Gasteiger partial charge in [-0.2, -0.15) is 0 Å². The summed E-state index contributed by atoms with van der Waals surface area (Å²) in [5.41, 5.74) is 3.09. The van der Waals surface area contributed by atoms with Crippen molar-refractivity contribution in [3.05, 3.63) is 34.9 Å². The van der Waals surface area contributed by atoms with E-state index in [-0.39, 0.29) is 5.91 Å². The van der Waals surface area contributed by atoms with Gasteiger partial charge in [-0.1, -0.05) is 34.1 Å². The largest absolute Gasteiger partial charge is 0.338 e. The number of hydrogen-bond donors (Lipinski definition) is 0. The molecule has 1 aliphatic rings. The molecule has 0 bridgehead atoms. The molecule has 0 saturated carbocycles. The molecule has 19 heavy (non-hydrogen) atoms. The summed E-state index contributed by atoms with van der Waals surface area (Å²) in [5, 5.41) is 1.03. The smallest absolute Gasteiger partial charge is 0.254 e. The second-order valence-corrected chi connectivity index (χ2v) is 6.30. The Kier molecular flexibility index (Phi) is 5.03. The molecule has 1 aromatic rings. The van der Waals surface area contributed by atoms with E-state index >= 15 is 0 Å². The van der Waals surface area contributed by atoms with Gasteiger partial charge in [-0.25, -0.2) is 0 Å². The van der Waals surface area contributed by atoms with E-state index in [1.165, 1.54) is 6.42 Å². The lowest BCUT2D eigenvalue weighted by Gasteiger charge is -2.33. The van der Waals surface area contributed by atoms with Gasteiger partial charge in [-0.05, 0) is 50.2 Å². The Labute approximate surface area is 124 Å². The molecule has 0 aliphatic carbocycles. The van der Waals surface area contributed by atoms with E-state index in [1.807, 2.05) is 36.9 Å². The van der Waals surface area contributed by atoms with Gasteiger partial charge in [0.05, 0.1) is 0 Å². The monoisotopic (exact) mass is 323 g/mol. The molecule has 0 N–H and O–H groups in total. The number of amides is 1. The van der Waals surface area contributed by atoms with Crippen LogP contribution in [0.15, 0.2) is 18.2 Å². The number of rotatable bonds is 3. The van der Waals surface area contributed by atoms with Crippen LogP contribution in [0, 0.1) is 19.8 Å². The van der Waals surface area contributed by atoms with E-state index in [4.69, 9.17) is 0 Å². The number of benzene rings is 1. The van der Waals surface area contributed by atoms with Crippen molar-refractivity contribution < 1.29 is 4.79 Å². The summed E-state index contributed by atoms with van der Waals surface area (Å²) in [5.74, 6) is 0.872. The van der Waals surface area contributed by atoms with Crippen LogP contribution in [-0.4, -0.2) is 29.2 Å². The zero-order chi connectivity index (χ0) is 13.8. The first-order chi connectivity index (χ1) is 9.13. The summed E-state index contributed by atoms with van der Waals surface area (Å²) in [6.07, 6.45) is 3.55. The minimum Gasteiger partial charge on any atom is -0.338 e. The first kappa shape index (κ1) is 14.6. The zero-order valence-corrected chi connectivity index (χ0v) is 13.4. The lowest BCUT2D eigenvalue weighted by Crippen LogP contribution is -2.40. The number of alkyl halides is 1. The lowest BCUT2D eigenvalue weighted by molar-refractivity contribution is 0.0670. The molecule has 2 nitrogen and oxygen atoms in total. The highest BCUT2D eigenvalue weighted by Gasteiger charge is 2.25. The minimum atomic E-state index is 0.217. The van der Waals surface area contributed by atoms with Crippen molar-refractivity contribution >= 4 is 21.8 Å². The third kappa shape index (κ3) is 3.38. The van der Waals surface area contributed by atoms with Gasteiger partial charge < -0.3 is 4.90 Å². The number of piperidine rings is 1. The fourth-order valence-corrected chi connectivity index (χ4v) is 3.60. The Balaban J connectivity index is 2.15.